The SMILES string of the molecule is C[C@H](Sc1nc(-c2ccccc2)cc(C(F)(F)F)n1)C(=O)Nc1cc(F)ccc1F. The molecule has 156 valence electrons. The van der Waals surface area contributed by atoms with Crippen LogP contribution in [0.25, 0.3) is 11.3 Å². The van der Waals surface area contributed by atoms with E-state index in [1.165, 1.54) is 6.92 Å². The second kappa shape index (κ2) is 8.78. The van der Waals surface area contributed by atoms with Gasteiger partial charge in [0.05, 0.1) is 16.6 Å². The fraction of sp³-hybridized carbons (Fsp3) is 0.150. The van der Waals surface area contributed by atoms with Crippen LogP contribution in [-0.4, -0.2) is 21.1 Å². The van der Waals surface area contributed by atoms with Crippen molar-refractivity contribution in [3.05, 3.63) is 71.9 Å². The molecule has 1 amide bonds. The van der Waals surface area contributed by atoms with Gasteiger partial charge in [0.15, 0.2) is 5.16 Å². The van der Waals surface area contributed by atoms with Gasteiger partial charge in [-0.3, -0.25) is 4.79 Å². The minimum absolute atomic E-state index is 0.0456. The second-order valence-corrected chi connectivity index (χ2v) is 7.47. The van der Waals surface area contributed by atoms with Crippen LogP contribution in [-0.2, 0) is 11.0 Å². The number of carbonyl (C=O) groups excluding carboxylic acids is 1. The standard InChI is InChI=1S/C20H14F5N3OS/c1-11(18(29)26-16-9-13(21)7-8-14(16)22)30-19-27-15(12-5-3-2-4-6-12)10-17(28-19)20(23,24)25/h2-11H,1H3,(H,26,29)/t11-/m0/s1. The number of hydrogen-bond acceptors (Lipinski definition) is 4. The maximum atomic E-state index is 13.7. The highest BCUT2D eigenvalue weighted by atomic mass is 32.2. The van der Waals surface area contributed by atoms with Crippen molar-refractivity contribution in [1.29, 1.82) is 0 Å². The lowest BCUT2D eigenvalue weighted by molar-refractivity contribution is -0.141. The summed E-state index contributed by atoms with van der Waals surface area (Å²) in [6.45, 7) is 1.39. The Balaban J connectivity index is 1.85. The number of nitrogens with one attached hydrogen (secondary N) is 1. The summed E-state index contributed by atoms with van der Waals surface area (Å²) in [4.78, 5) is 19.9. The van der Waals surface area contributed by atoms with Crippen LogP contribution in [0.15, 0.2) is 59.8 Å². The van der Waals surface area contributed by atoms with Gasteiger partial charge in [0.2, 0.25) is 5.91 Å². The van der Waals surface area contributed by atoms with E-state index in [1.807, 2.05) is 0 Å². The smallest absolute Gasteiger partial charge is 0.323 e. The van der Waals surface area contributed by atoms with Gasteiger partial charge in [-0.15, -0.1) is 0 Å². The van der Waals surface area contributed by atoms with Crippen molar-refractivity contribution >= 4 is 23.4 Å². The number of anilines is 1. The van der Waals surface area contributed by atoms with Crippen molar-refractivity contribution < 1.29 is 26.7 Å². The molecule has 3 aromatic rings. The summed E-state index contributed by atoms with van der Waals surface area (Å²) in [5.74, 6) is -2.34. The van der Waals surface area contributed by atoms with Crippen molar-refractivity contribution in [2.24, 2.45) is 0 Å². The van der Waals surface area contributed by atoms with Crippen molar-refractivity contribution in [2.45, 2.75) is 23.5 Å². The number of nitrogens with zero attached hydrogens (tertiary/aromatic N) is 2. The predicted molar refractivity (Wildman–Crippen MR) is 103 cm³/mol. The average molecular weight is 439 g/mol. The Bertz CT molecular complexity index is 1060. The van der Waals surface area contributed by atoms with E-state index >= 15 is 0 Å². The molecule has 0 aliphatic rings. The molecule has 4 nitrogen and oxygen atoms in total. The summed E-state index contributed by atoms with van der Waals surface area (Å²) < 4.78 is 66.8. The van der Waals surface area contributed by atoms with Crippen LogP contribution < -0.4 is 5.32 Å². The Hall–Kier alpha value is -3.01. The highest BCUT2D eigenvalue weighted by Crippen LogP contribution is 2.33. The third kappa shape index (κ3) is 5.32. The topological polar surface area (TPSA) is 54.9 Å². The van der Waals surface area contributed by atoms with Crippen LogP contribution in [0, 0.1) is 11.6 Å². The lowest BCUT2D eigenvalue weighted by atomic mass is 10.1. The summed E-state index contributed by atoms with van der Waals surface area (Å²) in [6.07, 6.45) is -4.71. The number of aromatic nitrogens is 2. The van der Waals surface area contributed by atoms with Gasteiger partial charge in [0.1, 0.15) is 17.3 Å². The van der Waals surface area contributed by atoms with E-state index in [2.05, 4.69) is 15.3 Å². The molecule has 3 rings (SSSR count). The van der Waals surface area contributed by atoms with Crippen molar-refractivity contribution in [2.75, 3.05) is 5.32 Å². The number of thioether (sulfide) groups is 1. The van der Waals surface area contributed by atoms with E-state index < -0.39 is 34.7 Å². The van der Waals surface area contributed by atoms with Crippen LogP contribution in [0.3, 0.4) is 0 Å². The summed E-state index contributed by atoms with van der Waals surface area (Å²) in [6, 6.07) is 11.6. The van der Waals surface area contributed by atoms with Crippen LogP contribution in [0.4, 0.5) is 27.6 Å². The first-order valence-corrected chi connectivity index (χ1v) is 9.46. The second-order valence-electron chi connectivity index (χ2n) is 6.16. The van der Waals surface area contributed by atoms with Gasteiger partial charge in [-0.25, -0.2) is 18.7 Å². The number of hydrogen-bond donors (Lipinski definition) is 1. The van der Waals surface area contributed by atoms with E-state index in [4.69, 9.17) is 0 Å². The number of rotatable bonds is 5. The molecule has 0 saturated carbocycles. The molecule has 0 aliphatic heterocycles. The first-order chi connectivity index (χ1) is 14.1. The number of carbonyl (C=O) groups is 1. The van der Waals surface area contributed by atoms with E-state index in [-0.39, 0.29) is 16.5 Å². The monoisotopic (exact) mass is 439 g/mol. The normalized spacial score (nSPS) is 12.5. The van der Waals surface area contributed by atoms with Crippen LogP contribution in [0.1, 0.15) is 12.6 Å². The lowest BCUT2D eigenvalue weighted by Crippen LogP contribution is -2.23. The Labute approximate surface area is 172 Å². The van der Waals surface area contributed by atoms with Gasteiger partial charge >= 0.3 is 6.18 Å². The molecule has 0 fully saturated rings. The summed E-state index contributed by atoms with van der Waals surface area (Å²) in [5, 5.41) is 0.951. The summed E-state index contributed by atoms with van der Waals surface area (Å²) in [5.41, 5.74) is -1.03. The van der Waals surface area contributed by atoms with Crippen molar-refractivity contribution in [3.63, 3.8) is 0 Å². The molecule has 30 heavy (non-hydrogen) atoms. The van der Waals surface area contributed by atoms with Crippen molar-refractivity contribution in [3.8, 4) is 11.3 Å². The number of benzene rings is 2. The Morgan fingerprint density at radius 1 is 1.03 bits per heavy atom. The molecular weight excluding hydrogens is 425 g/mol. The summed E-state index contributed by atoms with van der Waals surface area (Å²) >= 11 is 0.670. The molecule has 1 aromatic heterocycles. The van der Waals surface area contributed by atoms with E-state index in [9.17, 15) is 26.7 Å². The fourth-order valence-corrected chi connectivity index (χ4v) is 3.20. The zero-order valence-corrected chi connectivity index (χ0v) is 16.2. The Morgan fingerprint density at radius 2 is 1.73 bits per heavy atom. The molecule has 0 aliphatic carbocycles. The highest BCUT2D eigenvalue weighted by Gasteiger charge is 2.34. The van der Waals surface area contributed by atoms with E-state index in [0.717, 1.165) is 24.3 Å². The zero-order valence-electron chi connectivity index (χ0n) is 15.4. The molecule has 0 unspecified atom stereocenters. The maximum Gasteiger partial charge on any atom is 0.433 e. The van der Waals surface area contributed by atoms with E-state index in [1.54, 1.807) is 30.3 Å². The van der Waals surface area contributed by atoms with Crippen LogP contribution in [0.5, 0.6) is 0 Å². The first-order valence-electron chi connectivity index (χ1n) is 8.58. The van der Waals surface area contributed by atoms with Gasteiger partial charge in [-0.05, 0) is 25.1 Å². The zero-order chi connectivity index (χ0) is 21.9. The predicted octanol–water partition coefficient (Wildman–Crippen LogP) is 5.56. The molecule has 0 bridgehead atoms. The molecule has 2 aromatic carbocycles. The van der Waals surface area contributed by atoms with Gasteiger partial charge in [0.25, 0.3) is 0 Å². The maximum absolute atomic E-state index is 13.7. The number of amides is 1. The lowest BCUT2D eigenvalue weighted by Gasteiger charge is -2.14. The van der Waals surface area contributed by atoms with Crippen LogP contribution >= 0.6 is 11.8 Å². The Kier molecular flexibility index (Phi) is 6.35. The molecular formula is C20H14F5N3OS. The first kappa shape index (κ1) is 21.7. The van der Waals surface area contributed by atoms with Gasteiger partial charge in [-0.2, -0.15) is 13.2 Å². The third-order valence-corrected chi connectivity index (χ3v) is 4.86. The quantitative estimate of drug-likeness (QED) is 0.321. The van der Waals surface area contributed by atoms with E-state index in [0.29, 0.717) is 17.3 Å². The molecule has 10 heteroatoms. The molecule has 1 N–H and O–H groups in total. The van der Waals surface area contributed by atoms with Gasteiger partial charge < -0.3 is 5.32 Å². The minimum Gasteiger partial charge on any atom is -0.323 e. The molecule has 1 heterocycles. The molecule has 0 radical (unpaired) electrons. The van der Waals surface area contributed by atoms with Gasteiger partial charge in [0, 0.05) is 11.6 Å². The molecule has 0 spiro atoms. The Morgan fingerprint density at radius 3 is 2.40 bits per heavy atom. The number of halogens is 5. The average Bonchev–Trinajstić information content (AvgIpc) is 2.70. The van der Waals surface area contributed by atoms with Crippen molar-refractivity contribution in [1.82, 2.24) is 9.97 Å². The molecule has 0 saturated heterocycles. The molecule has 1 atom stereocenters. The largest absolute Gasteiger partial charge is 0.433 e. The van der Waals surface area contributed by atoms with Crippen LogP contribution in [0.2, 0.25) is 0 Å². The highest BCUT2D eigenvalue weighted by molar-refractivity contribution is 8.00. The number of alkyl halides is 3. The minimum atomic E-state index is -4.71. The summed E-state index contributed by atoms with van der Waals surface area (Å²) in [7, 11) is 0. The third-order valence-electron chi connectivity index (χ3n) is 3.90. The fourth-order valence-electron chi connectivity index (χ4n) is 2.42. The van der Waals surface area contributed by atoms with Gasteiger partial charge in [-0.1, -0.05) is 42.1 Å².